The van der Waals surface area contributed by atoms with Gasteiger partial charge in [-0.1, -0.05) is 18.2 Å². The average Bonchev–Trinajstić information content (AvgIpc) is 3.29. The van der Waals surface area contributed by atoms with Crippen molar-refractivity contribution in [2.45, 2.75) is 0 Å². The molecule has 4 aromatic rings. The summed E-state index contributed by atoms with van der Waals surface area (Å²) in [5.74, 6) is 0. The van der Waals surface area contributed by atoms with Crippen molar-refractivity contribution in [2.75, 3.05) is 5.43 Å². The number of nitro groups is 1. The smallest absolute Gasteiger partial charge is 0.269 e. The lowest BCUT2D eigenvalue weighted by molar-refractivity contribution is -0.384. The fourth-order valence-corrected chi connectivity index (χ4v) is 3.24. The number of nitrogens with zero attached hydrogens (tertiary/aromatic N) is 3. The lowest BCUT2D eigenvalue weighted by Gasteiger charge is -1.96. The fraction of sp³-hybridized carbons (Fsp3) is 0. The number of para-hydroxylation sites is 1. The van der Waals surface area contributed by atoms with E-state index in [1.807, 2.05) is 35.8 Å². The third-order valence-corrected chi connectivity index (χ3v) is 4.61. The number of aromatic nitrogens is 2. The molecule has 2 heterocycles. The van der Waals surface area contributed by atoms with E-state index >= 15 is 0 Å². The lowest BCUT2D eigenvalue weighted by atomic mass is 10.1. The minimum Gasteiger partial charge on any atom is -0.361 e. The van der Waals surface area contributed by atoms with Gasteiger partial charge in [0.2, 0.25) is 5.13 Å². The molecule has 7 nitrogen and oxygen atoms in total. The Morgan fingerprint density at radius 1 is 1.19 bits per heavy atom. The highest BCUT2D eigenvalue weighted by molar-refractivity contribution is 7.14. The normalized spacial score (nSPS) is 11.2. The number of nitrogens with one attached hydrogen (secondary N) is 2. The number of non-ortho nitro benzene ring substituents is 1. The minimum atomic E-state index is -0.419. The first-order chi connectivity index (χ1) is 12.7. The van der Waals surface area contributed by atoms with Crippen molar-refractivity contribution in [3.63, 3.8) is 0 Å². The molecule has 0 saturated carbocycles. The molecule has 0 radical (unpaired) electrons. The van der Waals surface area contributed by atoms with E-state index in [2.05, 4.69) is 20.5 Å². The molecule has 2 N–H and O–H groups in total. The largest absolute Gasteiger partial charge is 0.361 e. The van der Waals surface area contributed by atoms with Gasteiger partial charge in [-0.05, 0) is 18.2 Å². The van der Waals surface area contributed by atoms with Gasteiger partial charge in [-0.2, -0.15) is 5.10 Å². The molecule has 0 aliphatic heterocycles. The van der Waals surface area contributed by atoms with E-state index in [9.17, 15) is 10.1 Å². The Kier molecular flexibility index (Phi) is 4.16. The monoisotopic (exact) mass is 363 g/mol. The number of fused-ring (bicyclic) bond motifs is 1. The van der Waals surface area contributed by atoms with E-state index in [4.69, 9.17) is 0 Å². The number of anilines is 1. The van der Waals surface area contributed by atoms with Gasteiger partial charge in [0.1, 0.15) is 0 Å². The Balaban J connectivity index is 1.47. The van der Waals surface area contributed by atoms with E-state index in [0.717, 1.165) is 27.7 Å². The maximum atomic E-state index is 10.7. The van der Waals surface area contributed by atoms with Gasteiger partial charge >= 0.3 is 0 Å². The van der Waals surface area contributed by atoms with E-state index < -0.39 is 4.92 Å². The van der Waals surface area contributed by atoms with Gasteiger partial charge in [0.25, 0.3) is 5.69 Å². The standard InChI is InChI=1S/C18H13N5O2S/c24-23(25)14-7-5-12(6-8-14)17-11-26-18(21-17)22-20-10-13-9-19-16-4-2-1-3-15(13)16/h1-11,19H,(H,21,22)/b20-10+. The summed E-state index contributed by atoms with van der Waals surface area (Å²) in [6.45, 7) is 0. The van der Waals surface area contributed by atoms with Crippen LogP contribution in [0.5, 0.6) is 0 Å². The van der Waals surface area contributed by atoms with Gasteiger partial charge in [-0.3, -0.25) is 15.5 Å². The summed E-state index contributed by atoms with van der Waals surface area (Å²) >= 11 is 1.42. The molecule has 128 valence electrons. The summed E-state index contributed by atoms with van der Waals surface area (Å²) in [5.41, 5.74) is 6.59. The molecule has 8 heteroatoms. The summed E-state index contributed by atoms with van der Waals surface area (Å²) in [6, 6.07) is 14.3. The second kappa shape index (κ2) is 6.77. The fourth-order valence-electron chi connectivity index (χ4n) is 2.57. The van der Waals surface area contributed by atoms with Gasteiger partial charge in [-0.25, -0.2) is 4.98 Å². The Morgan fingerprint density at radius 3 is 2.81 bits per heavy atom. The van der Waals surface area contributed by atoms with Crippen LogP contribution in [0, 0.1) is 10.1 Å². The highest BCUT2D eigenvalue weighted by Gasteiger charge is 2.08. The number of thiazole rings is 1. The Labute approximate surface area is 152 Å². The van der Waals surface area contributed by atoms with Crippen molar-refractivity contribution in [1.29, 1.82) is 0 Å². The third kappa shape index (κ3) is 3.17. The second-order valence-electron chi connectivity index (χ2n) is 5.50. The first-order valence-electron chi connectivity index (χ1n) is 7.76. The lowest BCUT2D eigenvalue weighted by Crippen LogP contribution is -1.90. The van der Waals surface area contributed by atoms with Gasteiger partial charge < -0.3 is 4.98 Å². The molecule has 2 aromatic heterocycles. The van der Waals surface area contributed by atoms with Gasteiger partial charge in [0.15, 0.2) is 0 Å². The van der Waals surface area contributed by atoms with Crippen LogP contribution in [0.1, 0.15) is 5.56 Å². The van der Waals surface area contributed by atoms with Crippen LogP contribution in [-0.4, -0.2) is 21.1 Å². The van der Waals surface area contributed by atoms with E-state index in [1.54, 1.807) is 18.3 Å². The van der Waals surface area contributed by atoms with E-state index in [0.29, 0.717) is 5.13 Å². The van der Waals surface area contributed by atoms with Crippen molar-refractivity contribution in [3.8, 4) is 11.3 Å². The summed E-state index contributed by atoms with van der Waals surface area (Å²) < 4.78 is 0. The highest BCUT2D eigenvalue weighted by Crippen LogP contribution is 2.26. The second-order valence-corrected chi connectivity index (χ2v) is 6.36. The molecular formula is C18H13N5O2S. The number of hydrazone groups is 1. The van der Waals surface area contributed by atoms with E-state index in [1.165, 1.54) is 23.5 Å². The van der Waals surface area contributed by atoms with Crippen LogP contribution in [0.4, 0.5) is 10.8 Å². The zero-order valence-corrected chi connectivity index (χ0v) is 14.2. The van der Waals surface area contributed by atoms with Crippen LogP contribution in [0.15, 0.2) is 65.2 Å². The van der Waals surface area contributed by atoms with Crippen LogP contribution in [0.3, 0.4) is 0 Å². The van der Waals surface area contributed by atoms with Crippen LogP contribution < -0.4 is 5.43 Å². The Morgan fingerprint density at radius 2 is 2.00 bits per heavy atom. The number of benzene rings is 2. The van der Waals surface area contributed by atoms with Crippen molar-refractivity contribution >= 4 is 39.3 Å². The predicted octanol–water partition coefficient (Wildman–Crippen LogP) is 4.65. The summed E-state index contributed by atoms with van der Waals surface area (Å²) in [4.78, 5) is 17.9. The zero-order chi connectivity index (χ0) is 17.9. The Bertz CT molecular complexity index is 1100. The molecule has 0 amide bonds. The zero-order valence-electron chi connectivity index (χ0n) is 13.4. The molecule has 0 fully saturated rings. The van der Waals surface area contributed by atoms with E-state index in [-0.39, 0.29) is 5.69 Å². The molecule has 0 saturated heterocycles. The minimum absolute atomic E-state index is 0.0608. The summed E-state index contributed by atoms with van der Waals surface area (Å²) in [6.07, 6.45) is 3.64. The van der Waals surface area contributed by atoms with Crippen molar-refractivity contribution in [3.05, 3.63) is 75.8 Å². The molecule has 4 rings (SSSR count). The first-order valence-corrected chi connectivity index (χ1v) is 8.64. The van der Waals surface area contributed by atoms with Crippen LogP contribution >= 0.6 is 11.3 Å². The molecule has 0 aliphatic rings. The van der Waals surface area contributed by atoms with Crippen molar-refractivity contribution in [2.24, 2.45) is 5.10 Å². The maximum absolute atomic E-state index is 10.7. The number of hydrogen-bond donors (Lipinski definition) is 2. The van der Waals surface area contributed by atoms with Crippen LogP contribution in [0.2, 0.25) is 0 Å². The number of nitro benzene ring substituents is 1. The Hall–Kier alpha value is -3.52. The number of rotatable bonds is 5. The maximum Gasteiger partial charge on any atom is 0.269 e. The summed E-state index contributed by atoms with van der Waals surface area (Å²) in [7, 11) is 0. The van der Waals surface area contributed by atoms with Crippen LogP contribution in [-0.2, 0) is 0 Å². The van der Waals surface area contributed by atoms with Gasteiger partial charge in [0.05, 0.1) is 16.8 Å². The third-order valence-electron chi connectivity index (χ3n) is 3.86. The predicted molar refractivity (Wildman–Crippen MR) is 104 cm³/mol. The first kappa shape index (κ1) is 16.0. The van der Waals surface area contributed by atoms with Gasteiger partial charge in [-0.15, -0.1) is 11.3 Å². The SMILES string of the molecule is O=[N+]([O-])c1ccc(-c2csc(N/N=C/c3c[nH]c4ccccc34)n2)cc1. The molecule has 0 aliphatic carbocycles. The molecular weight excluding hydrogens is 350 g/mol. The topological polar surface area (TPSA) is 96.2 Å². The molecule has 0 unspecified atom stereocenters. The average molecular weight is 363 g/mol. The molecule has 0 spiro atoms. The molecule has 2 aromatic carbocycles. The van der Waals surface area contributed by atoms with Crippen molar-refractivity contribution in [1.82, 2.24) is 9.97 Å². The van der Waals surface area contributed by atoms with Crippen molar-refractivity contribution < 1.29 is 4.92 Å². The van der Waals surface area contributed by atoms with Crippen LogP contribution in [0.25, 0.3) is 22.2 Å². The summed E-state index contributed by atoms with van der Waals surface area (Å²) in [5, 5.41) is 18.6. The number of hydrogen-bond acceptors (Lipinski definition) is 6. The molecule has 26 heavy (non-hydrogen) atoms. The van der Waals surface area contributed by atoms with Gasteiger partial charge in [0, 0.05) is 45.7 Å². The molecule has 0 bridgehead atoms. The molecule has 0 atom stereocenters. The quantitative estimate of drug-likeness (QED) is 0.306. The number of H-pyrrole nitrogens is 1. The highest BCUT2D eigenvalue weighted by atomic mass is 32.1. The number of aromatic amines is 1.